The lowest BCUT2D eigenvalue weighted by atomic mass is 10.2. The Morgan fingerprint density at radius 2 is 1.73 bits per heavy atom. The molecule has 6 nitrogen and oxygen atoms in total. The summed E-state index contributed by atoms with van der Waals surface area (Å²) in [6.45, 7) is 6.17. The van der Waals surface area contributed by atoms with Gasteiger partial charge in [-0.05, 0) is 38.1 Å². The summed E-state index contributed by atoms with van der Waals surface area (Å²) in [5, 5.41) is 0. The van der Waals surface area contributed by atoms with E-state index in [-0.39, 0.29) is 5.91 Å². The van der Waals surface area contributed by atoms with E-state index in [9.17, 15) is 4.79 Å². The van der Waals surface area contributed by atoms with Crippen LogP contribution < -0.4 is 4.74 Å². The number of hydrogen-bond acceptors (Lipinski definition) is 4. The van der Waals surface area contributed by atoms with Crippen LogP contribution in [-0.4, -0.2) is 57.4 Å². The van der Waals surface area contributed by atoms with Crippen molar-refractivity contribution in [3.05, 3.63) is 29.8 Å². The minimum Gasteiger partial charge on any atom is -0.497 e. The molecule has 0 saturated carbocycles. The number of nitrogens with zero attached hydrogens (tertiary/aromatic N) is 2. The van der Waals surface area contributed by atoms with Crippen LogP contribution in [-0.2, 0) is 9.47 Å². The Hall–Kier alpha value is -2.08. The Morgan fingerprint density at radius 1 is 1.09 bits per heavy atom. The molecule has 0 aliphatic carbocycles. The normalized spacial score (nSPS) is 11.2. The van der Waals surface area contributed by atoms with Crippen molar-refractivity contribution in [2.24, 2.45) is 4.99 Å². The summed E-state index contributed by atoms with van der Waals surface area (Å²) in [6, 6.07) is 7.14. The maximum Gasteiger partial charge on any atom is 0.295 e. The molecule has 0 fully saturated rings. The van der Waals surface area contributed by atoms with E-state index in [1.54, 1.807) is 38.5 Å². The van der Waals surface area contributed by atoms with Crippen LogP contribution in [0.5, 0.6) is 5.75 Å². The zero-order valence-electron chi connectivity index (χ0n) is 13.7. The van der Waals surface area contributed by atoms with Crippen LogP contribution in [0.3, 0.4) is 0 Å². The third kappa shape index (κ3) is 5.37. The van der Waals surface area contributed by atoms with E-state index in [0.29, 0.717) is 43.6 Å². The van der Waals surface area contributed by atoms with Gasteiger partial charge >= 0.3 is 0 Å². The van der Waals surface area contributed by atoms with E-state index in [2.05, 4.69) is 4.99 Å². The number of amides is 1. The van der Waals surface area contributed by atoms with Crippen molar-refractivity contribution in [2.75, 3.05) is 40.5 Å². The van der Waals surface area contributed by atoms with E-state index >= 15 is 0 Å². The largest absolute Gasteiger partial charge is 0.497 e. The number of carbonyl (C=O) groups excluding carboxylic acids is 1. The van der Waals surface area contributed by atoms with Crippen LogP contribution in [0.1, 0.15) is 24.2 Å². The number of hydrogen-bond donors (Lipinski definition) is 0. The lowest BCUT2D eigenvalue weighted by molar-refractivity contribution is 0.0982. The second kappa shape index (κ2) is 9.78. The number of ether oxygens (including phenoxy) is 3. The summed E-state index contributed by atoms with van der Waals surface area (Å²) in [6.07, 6.45) is 0. The maximum absolute atomic E-state index is 12.3. The van der Waals surface area contributed by atoms with Gasteiger partial charge < -0.3 is 19.1 Å². The topological polar surface area (TPSA) is 60.4 Å². The summed E-state index contributed by atoms with van der Waals surface area (Å²) in [5.74, 6) is 0.350. The van der Waals surface area contributed by atoms with Crippen LogP contribution in [0.2, 0.25) is 0 Å². The maximum atomic E-state index is 12.3. The van der Waals surface area contributed by atoms with E-state index < -0.39 is 0 Å². The second-order valence-electron chi connectivity index (χ2n) is 4.44. The molecule has 0 bridgehead atoms. The second-order valence-corrected chi connectivity index (χ2v) is 4.44. The zero-order chi connectivity index (χ0) is 16.4. The molecule has 1 aromatic carbocycles. The van der Waals surface area contributed by atoms with Crippen LogP contribution >= 0.6 is 0 Å². The van der Waals surface area contributed by atoms with Gasteiger partial charge in [0.2, 0.25) is 0 Å². The minimum atomic E-state index is -0.345. The quantitative estimate of drug-likeness (QED) is 0.439. The van der Waals surface area contributed by atoms with Gasteiger partial charge in [-0.25, -0.2) is 0 Å². The summed E-state index contributed by atoms with van der Waals surface area (Å²) in [7, 11) is 3.18. The summed E-state index contributed by atoms with van der Waals surface area (Å²) in [4.78, 5) is 18.2. The van der Waals surface area contributed by atoms with Crippen LogP contribution in [0, 0.1) is 0 Å². The average Bonchev–Trinajstić information content (AvgIpc) is 2.56. The predicted molar refractivity (Wildman–Crippen MR) is 85.5 cm³/mol. The summed E-state index contributed by atoms with van der Waals surface area (Å²) < 4.78 is 15.6. The number of benzene rings is 1. The third-order valence-electron chi connectivity index (χ3n) is 3.09. The smallest absolute Gasteiger partial charge is 0.295 e. The number of aliphatic imine (C=N–C) groups is 1. The van der Waals surface area contributed by atoms with Crippen molar-refractivity contribution in [2.45, 2.75) is 13.8 Å². The van der Waals surface area contributed by atoms with Crippen LogP contribution in [0.15, 0.2) is 29.3 Å². The monoisotopic (exact) mass is 308 g/mol. The Bertz CT molecular complexity index is 481. The first-order valence-corrected chi connectivity index (χ1v) is 7.30. The fraction of sp³-hybridized carbons (Fsp3) is 0.500. The number of methoxy groups -OCH3 is 2. The van der Waals surface area contributed by atoms with Gasteiger partial charge in [0.1, 0.15) is 12.4 Å². The van der Waals surface area contributed by atoms with Crippen molar-refractivity contribution in [3.63, 3.8) is 0 Å². The highest BCUT2D eigenvalue weighted by Gasteiger charge is 2.13. The van der Waals surface area contributed by atoms with Crippen molar-refractivity contribution >= 4 is 11.9 Å². The van der Waals surface area contributed by atoms with Gasteiger partial charge in [-0.15, -0.1) is 0 Å². The lowest BCUT2D eigenvalue weighted by Gasteiger charge is -2.22. The van der Waals surface area contributed by atoms with Crippen molar-refractivity contribution < 1.29 is 19.0 Å². The molecule has 0 aromatic heterocycles. The first kappa shape index (κ1) is 18.0. The summed E-state index contributed by atoms with van der Waals surface area (Å²) in [5.41, 5.74) is 0.487. The molecule has 1 rings (SSSR count). The molecule has 0 heterocycles. The van der Waals surface area contributed by atoms with Gasteiger partial charge in [0, 0.05) is 25.8 Å². The molecule has 1 amide bonds. The zero-order valence-corrected chi connectivity index (χ0v) is 13.7. The molecule has 0 radical (unpaired) electrons. The molecule has 1 aromatic rings. The number of amidine groups is 1. The van der Waals surface area contributed by atoms with Crippen molar-refractivity contribution in [1.82, 2.24) is 4.90 Å². The number of carbonyl (C=O) groups is 1. The standard InChI is InChI=1S/C16H24N2O4/c1-5-18(6-2)16(22-12-11-20-3)17-15(19)13-7-9-14(21-4)10-8-13/h7-10H,5-6,11-12H2,1-4H3. The fourth-order valence-electron chi connectivity index (χ4n) is 1.79. The predicted octanol–water partition coefficient (Wildman–Crippen LogP) is 2.20. The molecule has 0 unspecified atom stereocenters. The Morgan fingerprint density at radius 3 is 2.23 bits per heavy atom. The first-order valence-electron chi connectivity index (χ1n) is 7.30. The molecule has 6 heteroatoms. The van der Waals surface area contributed by atoms with E-state index in [0.717, 1.165) is 0 Å². The Balaban J connectivity index is 2.89. The molecular formula is C16H24N2O4. The lowest BCUT2D eigenvalue weighted by Crippen LogP contribution is -2.34. The molecule has 0 saturated heterocycles. The van der Waals surface area contributed by atoms with Gasteiger partial charge in [-0.2, -0.15) is 4.99 Å². The van der Waals surface area contributed by atoms with E-state index in [4.69, 9.17) is 14.2 Å². The molecule has 122 valence electrons. The summed E-state index contributed by atoms with van der Waals surface area (Å²) >= 11 is 0. The molecule has 0 aliphatic heterocycles. The highest BCUT2D eigenvalue weighted by atomic mass is 16.5. The van der Waals surface area contributed by atoms with Gasteiger partial charge in [0.25, 0.3) is 11.9 Å². The molecule has 0 spiro atoms. The van der Waals surface area contributed by atoms with Gasteiger partial charge in [0.15, 0.2) is 0 Å². The van der Waals surface area contributed by atoms with E-state index in [1.807, 2.05) is 18.7 Å². The third-order valence-corrected chi connectivity index (χ3v) is 3.09. The van der Waals surface area contributed by atoms with Gasteiger partial charge in [-0.3, -0.25) is 4.79 Å². The van der Waals surface area contributed by atoms with Gasteiger partial charge in [0.05, 0.1) is 13.7 Å². The minimum absolute atomic E-state index is 0.322. The van der Waals surface area contributed by atoms with Crippen molar-refractivity contribution in [3.8, 4) is 5.75 Å². The molecule has 0 aliphatic rings. The SMILES string of the molecule is CCN(CC)C(=NC(=O)c1ccc(OC)cc1)OCCOC. The van der Waals surface area contributed by atoms with Gasteiger partial charge in [-0.1, -0.05) is 0 Å². The Labute approximate surface area is 131 Å². The first-order chi connectivity index (χ1) is 10.7. The molecule has 22 heavy (non-hydrogen) atoms. The molecule has 0 atom stereocenters. The average molecular weight is 308 g/mol. The molecular weight excluding hydrogens is 284 g/mol. The Kier molecular flexibility index (Phi) is 7.99. The number of rotatable bonds is 7. The van der Waals surface area contributed by atoms with E-state index in [1.165, 1.54) is 0 Å². The van der Waals surface area contributed by atoms with Crippen molar-refractivity contribution in [1.29, 1.82) is 0 Å². The highest BCUT2D eigenvalue weighted by molar-refractivity contribution is 6.01. The highest BCUT2D eigenvalue weighted by Crippen LogP contribution is 2.12. The van der Waals surface area contributed by atoms with Crippen LogP contribution in [0.25, 0.3) is 0 Å². The van der Waals surface area contributed by atoms with Crippen LogP contribution in [0.4, 0.5) is 0 Å². The molecule has 0 N–H and O–H groups in total. The fourth-order valence-corrected chi connectivity index (χ4v) is 1.79.